The fraction of sp³-hybridized carbons (Fsp3) is 1.00. The van der Waals surface area contributed by atoms with Gasteiger partial charge in [0.15, 0.2) is 0 Å². The lowest BCUT2D eigenvalue weighted by Gasteiger charge is -2.22. The van der Waals surface area contributed by atoms with Crippen LogP contribution in [0.15, 0.2) is 0 Å². The monoisotopic (exact) mass is 185 g/mol. The minimum atomic E-state index is 0.630. The van der Waals surface area contributed by atoms with Crippen LogP contribution in [0.3, 0.4) is 0 Å². The quantitative estimate of drug-likeness (QED) is 0.676. The first-order valence-electron chi connectivity index (χ1n) is 5.18. The molecule has 1 aliphatic heterocycles. The summed E-state index contributed by atoms with van der Waals surface area (Å²) in [5, 5.41) is 3.61. The average Bonchev–Trinajstić information content (AvgIpc) is 2.47. The third-order valence-corrected chi connectivity index (χ3v) is 2.97. The molecule has 3 nitrogen and oxygen atoms in total. The summed E-state index contributed by atoms with van der Waals surface area (Å²) < 4.78 is 0. The van der Waals surface area contributed by atoms with Crippen LogP contribution in [-0.4, -0.2) is 62.7 Å². The molecule has 1 fully saturated rings. The standard InChI is InChI=1S/C10H23N3/c1-9(12(2)3)7-11-10-5-6-13(4)8-10/h9-11H,5-8H2,1-4H3. The Bertz CT molecular complexity index is 147. The molecule has 13 heavy (non-hydrogen) atoms. The molecule has 0 aromatic carbocycles. The van der Waals surface area contributed by atoms with Gasteiger partial charge in [-0.05, 0) is 41.0 Å². The van der Waals surface area contributed by atoms with Gasteiger partial charge in [0, 0.05) is 25.2 Å². The van der Waals surface area contributed by atoms with Gasteiger partial charge < -0.3 is 15.1 Å². The summed E-state index contributed by atoms with van der Waals surface area (Å²) in [6.45, 7) is 5.81. The van der Waals surface area contributed by atoms with Gasteiger partial charge in [-0.3, -0.25) is 0 Å². The van der Waals surface area contributed by atoms with Gasteiger partial charge in [0.25, 0.3) is 0 Å². The Morgan fingerprint density at radius 2 is 2.23 bits per heavy atom. The molecule has 0 radical (unpaired) electrons. The lowest BCUT2D eigenvalue weighted by atomic mass is 10.2. The Morgan fingerprint density at radius 3 is 2.69 bits per heavy atom. The van der Waals surface area contributed by atoms with E-state index in [1.54, 1.807) is 0 Å². The molecule has 2 unspecified atom stereocenters. The van der Waals surface area contributed by atoms with E-state index in [2.05, 4.69) is 43.2 Å². The molecule has 1 rings (SSSR count). The Hall–Kier alpha value is -0.120. The van der Waals surface area contributed by atoms with Gasteiger partial charge in [0.05, 0.1) is 0 Å². The van der Waals surface area contributed by atoms with Gasteiger partial charge in [0.2, 0.25) is 0 Å². The molecule has 3 heteroatoms. The summed E-state index contributed by atoms with van der Waals surface area (Å²) in [5.74, 6) is 0. The van der Waals surface area contributed by atoms with Crippen molar-refractivity contribution < 1.29 is 0 Å². The molecule has 2 atom stereocenters. The average molecular weight is 185 g/mol. The molecule has 1 saturated heterocycles. The highest BCUT2D eigenvalue weighted by Crippen LogP contribution is 2.05. The van der Waals surface area contributed by atoms with Gasteiger partial charge >= 0.3 is 0 Å². The molecule has 0 saturated carbocycles. The van der Waals surface area contributed by atoms with Crippen LogP contribution in [0.1, 0.15) is 13.3 Å². The topological polar surface area (TPSA) is 18.5 Å². The van der Waals surface area contributed by atoms with Gasteiger partial charge in [-0.2, -0.15) is 0 Å². The Kier molecular flexibility index (Phi) is 4.16. The second-order valence-electron chi connectivity index (χ2n) is 4.47. The fourth-order valence-electron chi connectivity index (χ4n) is 1.62. The third kappa shape index (κ3) is 3.63. The van der Waals surface area contributed by atoms with Crippen LogP contribution in [0.25, 0.3) is 0 Å². The lowest BCUT2D eigenvalue weighted by Crippen LogP contribution is -2.41. The van der Waals surface area contributed by atoms with Crippen molar-refractivity contribution >= 4 is 0 Å². The second kappa shape index (κ2) is 4.94. The number of hydrogen-bond donors (Lipinski definition) is 1. The Morgan fingerprint density at radius 1 is 1.54 bits per heavy atom. The highest BCUT2D eigenvalue weighted by atomic mass is 15.2. The van der Waals surface area contributed by atoms with Crippen LogP contribution in [0.5, 0.6) is 0 Å². The summed E-state index contributed by atoms with van der Waals surface area (Å²) in [6, 6.07) is 1.35. The minimum absolute atomic E-state index is 0.630. The van der Waals surface area contributed by atoms with Gasteiger partial charge in [-0.25, -0.2) is 0 Å². The van der Waals surface area contributed by atoms with Crippen molar-refractivity contribution in [3.63, 3.8) is 0 Å². The Balaban J connectivity index is 2.12. The van der Waals surface area contributed by atoms with E-state index in [-0.39, 0.29) is 0 Å². The van der Waals surface area contributed by atoms with E-state index in [1.165, 1.54) is 19.5 Å². The maximum atomic E-state index is 3.61. The highest BCUT2D eigenvalue weighted by Gasteiger charge is 2.19. The van der Waals surface area contributed by atoms with E-state index in [0.29, 0.717) is 12.1 Å². The number of likely N-dealkylation sites (N-methyl/N-ethyl adjacent to an activating group) is 2. The second-order valence-corrected chi connectivity index (χ2v) is 4.47. The Labute approximate surface area is 82.1 Å². The first kappa shape index (κ1) is 11.0. The molecule has 1 aliphatic rings. The van der Waals surface area contributed by atoms with Crippen molar-refractivity contribution in [1.82, 2.24) is 15.1 Å². The maximum absolute atomic E-state index is 3.61. The van der Waals surface area contributed by atoms with Crippen molar-refractivity contribution in [3.8, 4) is 0 Å². The van der Waals surface area contributed by atoms with Crippen molar-refractivity contribution in [3.05, 3.63) is 0 Å². The van der Waals surface area contributed by atoms with Crippen LogP contribution in [0.4, 0.5) is 0 Å². The molecule has 0 amide bonds. The SMILES string of the molecule is CC(CNC1CCN(C)C1)N(C)C. The molecule has 0 aliphatic carbocycles. The number of nitrogens with zero attached hydrogens (tertiary/aromatic N) is 2. The lowest BCUT2D eigenvalue weighted by molar-refractivity contribution is 0.291. The number of hydrogen-bond acceptors (Lipinski definition) is 3. The van der Waals surface area contributed by atoms with Crippen LogP contribution >= 0.6 is 0 Å². The summed E-state index contributed by atoms with van der Waals surface area (Å²) in [5.41, 5.74) is 0. The summed E-state index contributed by atoms with van der Waals surface area (Å²) in [6.07, 6.45) is 1.30. The van der Waals surface area contributed by atoms with E-state index in [0.717, 1.165) is 6.54 Å². The van der Waals surface area contributed by atoms with E-state index >= 15 is 0 Å². The smallest absolute Gasteiger partial charge is 0.0207 e. The first-order chi connectivity index (χ1) is 6.09. The van der Waals surface area contributed by atoms with Crippen LogP contribution in [0, 0.1) is 0 Å². The van der Waals surface area contributed by atoms with Gasteiger partial charge in [0.1, 0.15) is 0 Å². The maximum Gasteiger partial charge on any atom is 0.0207 e. The van der Waals surface area contributed by atoms with Gasteiger partial charge in [-0.15, -0.1) is 0 Å². The molecule has 0 aromatic rings. The molecule has 0 aromatic heterocycles. The van der Waals surface area contributed by atoms with E-state index in [4.69, 9.17) is 0 Å². The van der Waals surface area contributed by atoms with Crippen LogP contribution in [0.2, 0.25) is 0 Å². The zero-order valence-corrected chi connectivity index (χ0v) is 9.38. The van der Waals surface area contributed by atoms with E-state index < -0.39 is 0 Å². The summed E-state index contributed by atoms with van der Waals surface area (Å²) in [4.78, 5) is 4.64. The van der Waals surface area contributed by atoms with E-state index in [9.17, 15) is 0 Å². The molecule has 1 N–H and O–H groups in total. The normalized spacial score (nSPS) is 27.0. The predicted octanol–water partition coefficient (Wildman–Crippen LogP) is 0.230. The highest BCUT2D eigenvalue weighted by molar-refractivity contribution is 4.80. The number of rotatable bonds is 4. The van der Waals surface area contributed by atoms with Crippen molar-refractivity contribution in [2.75, 3.05) is 40.8 Å². The number of nitrogens with one attached hydrogen (secondary N) is 1. The van der Waals surface area contributed by atoms with E-state index in [1.807, 2.05) is 0 Å². The molecular weight excluding hydrogens is 162 g/mol. The zero-order chi connectivity index (χ0) is 9.84. The van der Waals surface area contributed by atoms with Gasteiger partial charge in [-0.1, -0.05) is 0 Å². The first-order valence-corrected chi connectivity index (χ1v) is 5.18. The number of likely N-dealkylation sites (tertiary alicyclic amines) is 1. The largest absolute Gasteiger partial charge is 0.311 e. The fourth-order valence-corrected chi connectivity index (χ4v) is 1.62. The van der Waals surface area contributed by atoms with Crippen LogP contribution < -0.4 is 5.32 Å². The molecule has 0 bridgehead atoms. The molecule has 1 heterocycles. The third-order valence-electron chi connectivity index (χ3n) is 2.97. The summed E-state index contributed by atoms with van der Waals surface area (Å²) in [7, 11) is 6.46. The minimum Gasteiger partial charge on any atom is -0.311 e. The van der Waals surface area contributed by atoms with Crippen molar-refractivity contribution in [1.29, 1.82) is 0 Å². The predicted molar refractivity (Wildman–Crippen MR) is 57.1 cm³/mol. The molecule has 78 valence electrons. The van der Waals surface area contributed by atoms with Crippen molar-refractivity contribution in [2.45, 2.75) is 25.4 Å². The molecule has 0 spiro atoms. The van der Waals surface area contributed by atoms with Crippen molar-refractivity contribution in [2.24, 2.45) is 0 Å². The van der Waals surface area contributed by atoms with Crippen LogP contribution in [-0.2, 0) is 0 Å². The summed E-state index contributed by atoms with van der Waals surface area (Å²) >= 11 is 0. The molecular formula is C10H23N3. The zero-order valence-electron chi connectivity index (χ0n) is 9.38.